The fourth-order valence-corrected chi connectivity index (χ4v) is 3.33. The van der Waals surface area contributed by atoms with Crippen LogP contribution in [0.5, 0.6) is 0 Å². The Morgan fingerprint density at radius 1 is 1.43 bits per heavy atom. The zero-order valence-electron chi connectivity index (χ0n) is 11.9. The van der Waals surface area contributed by atoms with Crippen molar-refractivity contribution in [1.82, 2.24) is 0 Å². The average molecular weight is 313 g/mol. The lowest BCUT2D eigenvalue weighted by atomic mass is 10.0. The smallest absolute Gasteiger partial charge is 0.293 e. The number of rotatable bonds is 4. The lowest BCUT2D eigenvalue weighted by Crippen LogP contribution is -2.44. The predicted octanol–water partition coefficient (Wildman–Crippen LogP) is 1.32. The van der Waals surface area contributed by atoms with Gasteiger partial charge in [0.15, 0.2) is 9.84 Å². The average Bonchev–Trinajstić information content (AvgIpc) is 2.45. The Bertz CT molecular complexity index is 645. The summed E-state index contributed by atoms with van der Waals surface area (Å²) in [7, 11) is -3.47. The van der Waals surface area contributed by atoms with Crippen molar-refractivity contribution in [3.8, 4) is 0 Å². The van der Waals surface area contributed by atoms with Crippen molar-refractivity contribution in [2.75, 3.05) is 24.2 Å². The van der Waals surface area contributed by atoms with Crippen LogP contribution < -0.4 is 10.6 Å². The summed E-state index contributed by atoms with van der Waals surface area (Å²) >= 11 is 0. The topological polar surface area (TPSA) is 107 Å². The van der Waals surface area contributed by atoms with Gasteiger partial charge in [-0.25, -0.2) is 8.42 Å². The van der Waals surface area contributed by atoms with Crippen molar-refractivity contribution < 1.29 is 13.3 Å². The molecular weight excluding hydrogens is 294 g/mol. The van der Waals surface area contributed by atoms with Gasteiger partial charge in [-0.1, -0.05) is 0 Å². The van der Waals surface area contributed by atoms with E-state index in [4.69, 9.17) is 5.73 Å². The van der Waals surface area contributed by atoms with Gasteiger partial charge >= 0.3 is 0 Å². The van der Waals surface area contributed by atoms with Crippen LogP contribution in [0.4, 0.5) is 11.4 Å². The van der Waals surface area contributed by atoms with Gasteiger partial charge in [0.2, 0.25) is 0 Å². The number of nitro groups is 1. The van der Waals surface area contributed by atoms with E-state index in [9.17, 15) is 18.5 Å². The molecular formula is C13H19N3O4S. The van der Waals surface area contributed by atoms with Crippen molar-refractivity contribution in [3.05, 3.63) is 28.3 Å². The summed E-state index contributed by atoms with van der Waals surface area (Å²) in [5, 5.41) is 11.3. The SMILES string of the molecule is CS(=O)(=O)c1ccc(N2CCCCC2CN)c([N+](=O)[O-])c1. The fraction of sp³-hybridized carbons (Fsp3) is 0.538. The van der Waals surface area contributed by atoms with E-state index in [1.807, 2.05) is 4.90 Å². The van der Waals surface area contributed by atoms with Crippen LogP contribution in [0.1, 0.15) is 19.3 Å². The van der Waals surface area contributed by atoms with Gasteiger partial charge in [0.25, 0.3) is 5.69 Å². The molecule has 1 aromatic carbocycles. The maximum atomic E-state index is 11.6. The third kappa shape index (κ3) is 3.33. The molecule has 0 bridgehead atoms. The summed E-state index contributed by atoms with van der Waals surface area (Å²) in [4.78, 5) is 12.6. The highest BCUT2D eigenvalue weighted by molar-refractivity contribution is 7.90. The molecule has 1 saturated heterocycles. The second kappa shape index (κ2) is 5.98. The maximum absolute atomic E-state index is 11.6. The van der Waals surface area contributed by atoms with Gasteiger partial charge in [-0.3, -0.25) is 10.1 Å². The Hall–Kier alpha value is -1.67. The first kappa shape index (κ1) is 15.7. The fourth-order valence-electron chi connectivity index (χ4n) is 2.69. The molecule has 1 atom stereocenters. The summed E-state index contributed by atoms with van der Waals surface area (Å²) in [5.41, 5.74) is 6.01. The van der Waals surface area contributed by atoms with E-state index < -0.39 is 14.8 Å². The molecule has 0 amide bonds. The first-order valence-corrected chi connectivity index (χ1v) is 8.69. The molecule has 0 radical (unpaired) electrons. The molecule has 2 rings (SSSR count). The first-order valence-electron chi connectivity index (χ1n) is 6.80. The van der Waals surface area contributed by atoms with E-state index in [2.05, 4.69) is 0 Å². The lowest BCUT2D eigenvalue weighted by Gasteiger charge is -2.36. The van der Waals surface area contributed by atoms with Crippen molar-refractivity contribution in [2.45, 2.75) is 30.2 Å². The highest BCUT2D eigenvalue weighted by Crippen LogP contribution is 2.34. The number of nitrogens with two attached hydrogens (primary N) is 1. The van der Waals surface area contributed by atoms with E-state index >= 15 is 0 Å². The first-order chi connectivity index (χ1) is 9.84. The normalized spacial score (nSPS) is 19.5. The summed E-state index contributed by atoms with van der Waals surface area (Å²) in [6.07, 6.45) is 3.92. The Balaban J connectivity index is 2.50. The molecule has 1 aromatic rings. The molecule has 0 saturated carbocycles. The monoisotopic (exact) mass is 313 g/mol. The number of piperidine rings is 1. The number of benzene rings is 1. The van der Waals surface area contributed by atoms with E-state index in [0.29, 0.717) is 18.8 Å². The third-order valence-corrected chi connectivity index (χ3v) is 4.89. The zero-order chi connectivity index (χ0) is 15.6. The molecule has 8 heteroatoms. The summed E-state index contributed by atoms with van der Waals surface area (Å²) < 4.78 is 23.1. The Kier molecular flexibility index (Phi) is 4.48. The van der Waals surface area contributed by atoms with Crippen molar-refractivity contribution in [1.29, 1.82) is 0 Å². The largest absolute Gasteiger partial charge is 0.362 e. The van der Waals surface area contributed by atoms with Crippen LogP contribution in [-0.4, -0.2) is 38.7 Å². The highest BCUT2D eigenvalue weighted by atomic mass is 32.2. The quantitative estimate of drug-likeness (QED) is 0.663. The molecule has 1 aliphatic rings. The van der Waals surface area contributed by atoms with Gasteiger partial charge in [-0.15, -0.1) is 0 Å². The number of nitro benzene ring substituents is 1. The summed E-state index contributed by atoms with van der Waals surface area (Å²) in [6, 6.07) is 4.12. The van der Waals surface area contributed by atoms with Gasteiger partial charge < -0.3 is 10.6 Å². The van der Waals surface area contributed by atoms with Crippen LogP contribution in [-0.2, 0) is 9.84 Å². The van der Waals surface area contributed by atoms with E-state index in [0.717, 1.165) is 31.6 Å². The molecule has 21 heavy (non-hydrogen) atoms. The molecule has 0 aliphatic carbocycles. The van der Waals surface area contributed by atoms with E-state index in [1.54, 1.807) is 0 Å². The standard InChI is InChI=1S/C13H19N3O4S/c1-21(19,20)11-5-6-12(13(8-11)16(17)18)15-7-3-2-4-10(15)9-14/h5-6,8,10H,2-4,7,9,14H2,1H3. The predicted molar refractivity (Wildman–Crippen MR) is 80.2 cm³/mol. The van der Waals surface area contributed by atoms with Gasteiger partial charge in [-0.2, -0.15) is 0 Å². The van der Waals surface area contributed by atoms with Crippen LogP contribution in [0.15, 0.2) is 23.1 Å². The number of nitrogens with zero attached hydrogens (tertiary/aromatic N) is 2. The van der Waals surface area contributed by atoms with Gasteiger partial charge in [-0.05, 0) is 31.4 Å². The minimum atomic E-state index is -3.47. The van der Waals surface area contributed by atoms with Gasteiger partial charge in [0.05, 0.1) is 9.82 Å². The van der Waals surface area contributed by atoms with Crippen LogP contribution >= 0.6 is 0 Å². The lowest BCUT2D eigenvalue weighted by molar-refractivity contribution is -0.384. The minimum absolute atomic E-state index is 0.0424. The molecule has 0 spiro atoms. The molecule has 2 N–H and O–H groups in total. The Labute approximate surface area is 123 Å². The molecule has 1 fully saturated rings. The molecule has 1 aliphatic heterocycles. The van der Waals surface area contributed by atoms with Crippen molar-refractivity contribution >= 4 is 21.2 Å². The molecule has 1 heterocycles. The van der Waals surface area contributed by atoms with Crippen LogP contribution in [0, 0.1) is 10.1 Å². The Morgan fingerprint density at radius 2 is 2.14 bits per heavy atom. The highest BCUT2D eigenvalue weighted by Gasteiger charge is 2.28. The van der Waals surface area contributed by atoms with E-state index in [1.165, 1.54) is 12.1 Å². The van der Waals surface area contributed by atoms with Gasteiger partial charge in [0, 0.05) is 31.5 Å². The number of hydrogen-bond donors (Lipinski definition) is 1. The second-order valence-electron chi connectivity index (χ2n) is 5.26. The summed E-state index contributed by atoms with van der Waals surface area (Å²) in [6.45, 7) is 1.12. The molecule has 7 nitrogen and oxygen atoms in total. The van der Waals surface area contributed by atoms with Crippen LogP contribution in [0.3, 0.4) is 0 Å². The van der Waals surface area contributed by atoms with Crippen LogP contribution in [0.25, 0.3) is 0 Å². The molecule has 1 unspecified atom stereocenters. The number of hydrogen-bond acceptors (Lipinski definition) is 6. The van der Waals surface area contributed by atoms with Crippen LogP contribution in [0.2, 0.25) is 0 Å². The molecule has 116 valence electrons. The second-order valence-corrected chi connectivity index (χ2v) is 7.27. The third-order valence-electron chi connectivity index (χ3n) is 3.78. The molecule has 0 aromatic heterocycles. The number of sulfone groups is 1. The minimum Gasteiger partial charge on any atom is -0.362 e. The zero-order valence-corrected chi connectivity index (χ0v) is 12.7. The van der Waals surface area contributed by atoms with Crippen molar-refractivity contribution in [3.63, 3.8) is 0 Å². The number of anilines is 1. The van der Waals surface area contributed by atoms with Gasteiger partial charge in [0.1, 0.15) is 5.69 Å². The summed E-state index contributed by atoms with van der Waals surface area (Å²) in [5.74, 6) is 0. The Morgan fingerprint density at radius 3 is 2.71 bits per heavy atom. The maximum Gasteiger partial charge on any atom is 0.293 e. The van der Waals surface area contributed by atoms with E-state index in [-0.39, 0.29) is 16.6 Å². The van der Waals surface area contributed by atoms with Crippen molar-refractivity contribution in [2.24, 2.45) is 5.73 Å².